The minimum absolute atomic E-state index is 0.0874. The van der Waals surface area contributed by atoms with E-state index >= 15 is 0 Å². The molecule has 0 aromatic heterocycles. The van der Waals surface area contributed by atoms with Gasteiger partial charge in [-0.25, -0.2) is 12.8 Å². The molecule has 0 saturated carbocycles. The second-order valence-corrected chi connectivity index (χ2v) is 9.35. The lowest BCUT2D eigenvalue weighted by Crippen LogP contribution is -2.43. The van der Waals surface area contributed by atoms with E-state index in [9.17, 15) is 17.6 Å². The van der Waals surface area contributed by atoms with Crippen molar-refractivity contribution in [2.75, 3.05) is 31.6 Å². The molecule has 0 aliphatic carbocycles. The van der Waals surface area contributed by atoms with Gasteiger partial charge in [0.15, 0.2) is 0 Å². The Hall–Kier alpha value is -2.45. The topological polar surface area (TPSA) is 66.9 Å². The highest BCUT2D eigenvalue weighted by molar-refractivity contribution is 7.89. The molecule has 0 N–H and O–H groups in total. The van der Waals surface area contributed by atoms with Gasteiger partial charge in [0.05, 0.1) is 11.5 Å². The van der Waals surface area contributed by atoms with Crippen LogP contribution in [0, 0.1) is 18.7 Å². The van der Waals surface area contributed by atoms with E-state index in [0.717, 1.165) is 5.56 Å². The molecule has 30 heavy (non-hydrogen) atoms. The second-order valence-electron chi connectivity index (χ2n) is 7.41. The number of rotatable bonds is 6. The molecule has 1 amide bonds. The van der Waals surface area contributed by atoms with Gasteiger partial charge in [-0.15, -0.1) is 0 Å². The number of halogens is 1. The Kier molecular flexibility index (Phi) is 6.77. The predicted octanol–water partition coefficient (Wildman–Crippen LogP) is 3.60. The molecule has 3 rings (SSSR count). The number of anilines is 1. The van der Waals surface area contributed by atoms with E-state index in [1.807, 2.05) is 13.8 Å². The number of amides is 1. The maximum Gasteiger partial charge on any atom is 0.243 e. The first-order chi connectivity index (χ1) is 14.2. The number of hydrogen-bond donors (Lipinski definition) is 0. The van der Waals surface area contributed by atoms with Crippen LogP contribution >= 0.6 is 0 Å². The fourth-order valence-corrected chi connectivity index (χ4v) is 5.21. The molecular weight excluding hydrogens is 407 g/mol. The van der Waals surface area contributed by atoms with E-state index in [-0.39, 0.29) is 35.6 Å². The number of piperidine rings is 1. The van der Waals surface area contributed by atoms with Crippen LogP contribution in [-0.4, -0.2) is 45.4 Å². The van der Waals surface area contributed by atoms with Gasteiger partial charge in [-0.3, -0.25) is 4.79 Å². The van der Waals surface area contributed by atoms with Crippen LogP contribution in [0.4, 0.5) is 10.1 Å². The number of ether oxygens (including phenoxy) is 1. The van der Waals surface area contributed by atoms with Crippen LogP contribution in [0.25, 0.3) is 0 Å². The molecule has 162 valence electrons. The standard InChI is InChI=1S/C22H27FN2O4S/c1-4-29-21-10-9-20(15-16(21)2)30(27,28)25-13-11-17(12-14-25)22(26)24(3)19-7-5-18(23)6-8-19/h5-10,15,17H,4,11-14H2,1-3H3. The molecule has 0 spiro atoms. The van der Waals surface area contributed by atoms with Crippen molar-refractivity contribution in [3.63, 3.8) is 0 Å². The number of carbonyl (C=O) groups excluding carboxylic acids is 1. The first-order valence-electron chi connectivity index (χ1n) is 10.0. The van der Waals surface area contributed by atoms with Crippen molar-refractivity contribution in [2.45, 2.75) is 31.6 Å². The highest BCUT2D eigenvalue weighted by Gasteiger charge is 2.33. The summed E-state index contributed by atoms with van der Waals surface area (Å²) in [6, 6.07) is 10.6. The van der Waals surface area contributed by atoms with E-state index in [4.69, 9.17) is 4.74 Å². The largest absolute Gasteiger partial charge is 0.494 e. The van der Waals surface area contributed by atoms with Crippen LogP contribution in [0.2, 0.25) is 0 Å². The molecule has 1 aliphatic heterocycles. The van der Waals surface area contributed by atoms with Gasteiger partial charge < -0.3 is 9.64 Å². The smallest absolute Gasteiger partial charge is 0.243 e. The molecule has 1 fully saturated rings. The summed E-state index contributed by atoms with van der Waals surface area (Å²) in [4.78, 5) is 14.5. The van der Waals surface area contributed by atoms with E-state index in [0.29, 0.717) is 30.9 Å². The zero-order valence-corrected chi connectivity index (χ0v) is 18.3. The quantitative estimate of drug-likeness (QED) is 0.697. The first-order valence-corrected chi connectivity index (χ1v) is 11.4. The van der Waals surface area contributed by atoms with Crippen LogP contribution in [0.15, 0.2) is 47.4 Å². The maximum absolute atomic E-state index is 13.1. The summed E-state index contributed by atoms with van der Waals surface area (Å²) in [5.41, 5.74) is 1.38. The van der Waals surface area contributed by atoms with Crippen molar-refractivity contribution in [1.82, 2.24) is 4.31 Å². The third kappa shape index (κ3) is 4.65. The Balaban J connectivity index is 1.66. The zero-order chi connectivity index (χ0) is 21.9. The molecule has 2 aromatic carbocycles. The van der Waals surface area contributed by atoms with E-state index in [1.54, 1.807) is 37.4 Å². The normalized spacial score (nSPS) is 15.7. The Morgan fingerprint density at radius 2 is 1.80 bits per heavy atom. The molecule has 0 unspecified atom stereocenters. The highest BCUT2D eigenvalue weighted by Crippen LogP contribution is 2.28. The lowest BCUT2D eigenvalue weighted by Gasteiger charge is -2.32. The molecular formula is C22H27FN2O4S. The number of hydrogen-bond acceptors (Lipinski definition) is 4. The van der Waals surface area contributed by atoms with Gasteiger partial charge in [0, 0.05) is 31.7 Å². The van der Waals surface area contributed by atoms with Gasteiger partial charge in [0.25, 0.3) is 0 Å². The van der Waals surface area contributed by atoms with Gasteiger partial charge in [-0.1, -0.05) is 0 Å². The molecule has 0 atom stereocenters. The number of benzene rings is 2. The second kappa shape index (κ2) is 9.14. The minimum Gasteiger partial charge on any atom is -0.494 e. The summed E-state index contributed by atoms with van der Waals surface area (Å²) in [6.07, 6.45) is 0.888. The van der Waals surface area contributed by atoms with Crippen LogP contribution in [0.1, 0.15) is 25.3 Å². The maximum atomic E-state index is 13.1. The molecule has 6 nitrogen and oxygen atoms in total. The summed E-state index contributed by atoms with van der Waals surface area (Å²) in [5.74, 6) is -0.0450. The number of aryl methyl sites for hydroxylation is 1. The fraction of sp³-hybridized carbons (Fsp3) is 0.409. The van der Waals surface area contributed by atoms with Gasteiger partial charge in [-0.2, -0.15) is 4.31 Å². The Morgan fingerprint density at radius 1 is 1.17 bits per heavy atom. The van der Waals surface area contributed by atoms with Crippen molar-refractivity contribution in [2.24, 2.45) is 5.92 Å². The van der Waals surface area contributed by atoms with E-state index in [1.165, 1.54) is 21.3 Å². The molecule has 2 aromatic rings. The predicted molar refractivity (Wildman–Crippen MR) is 114 cm³/mol. The molecule has 1 saturated heterocycles. The van der Waals surface area contributed by atoms with Crippen molar-refractivity contribution in [3.05, 3.63) is 53.8 Å². The van der Waals surface area contributed by atoms with Crippen molar-refractivity contribution in [3.8, 4) is 5.75 Å². The van der Waals surface area contributed by atoms with Crippen LogP contribution in [0.3, 0.4) is 0 Å². The minimum atomic E-state index is -3.63. The molecule has 1 heterocycles. The number of nitrogens with zero attached hydrogens (tertiary/aromatic N) is 2. The molecule has 1 aliphatic rings. The van der Waals surface area contributed by atoms with E-state index < -0.39 is 10.0 Å². The SMILES string of the molecule is CCOc1ccc(S(=O)(=O)N2CCC(C(=O)N(C)c3ccc(F)cc3)CC2)cc1C. The van der Waals surface area contributed by atoms with Crippen LogP contribution < -0.4 is 9.64 Å². The average molecular weight is 435 g/mol. The molecule has 8 heteroatoms. The van der Waals surface area contributed by atoms with Gasteiger partial charge in [0.1, 0.15) is 11.6 Å². The highest BCUT2D eigenvalue weighted by atomic mass is 32.2. The van der Waals surface area contributed by atoms with E-state index in [2.05, 4.69) is 0 Å². The molecule has 0 bridgehead atoms. The lowest BCUT2D eigenvalue weighted by molar-refractivity contribution is -0.123. The van der Waals surface area contributed by atoms with Crippen molar-refractivity contribution in [1.29, 1.82) is 0 Å². The van der Waals surface area contributed by atoms with Crippen LogP contribution in [-0.2, 0) is 14.8 Å². The van der Waals surface area contributed by atoms with Gasteiger partial charge in [0.2, 0.25) is 15.9 Å². The summed E-state index contributed by atoms with van der Waals surface area (Å²) < 4.78 is 46.1. The zero-order valence-electron chi connectivity index (χ0n) is 17.5. The number of carbonyl (C=O) groups is 1. The Bertz CT molecular complexity index is 1000. The summed E-state index contributed by atoms with van der Waals surface area (Å²) in [5, 5.41) is 0. The lowest BCUT2D eigenvalue weighted by atomic mass is 9.96. The van der Waals surface area contributed by atoms with Crippen LogP contribution in [0.5, 0.6) is 5.75 Å². The third-order valence-corrected chi connectivity index (χ3v) is 7.33. The van der Waals surface area contributed by atoms with Crippen molar-refractivity contribution >= 4 is 21.6 Å². The average Bonchev–Trinajstić information content (AvgIpc) is 2.75. The first kappa shape index (κ1) is 22.2. The fourth-order valence-electron chi connectivity index (χ4n) is 3.66. The summed E-state index contributed by atoms with van der Waals surface area (Å²) in [7, 11) is -1.98. The van der Waals surface area contributed by atoms with Gasteiger partial charge in [-0.05, 0) is 74.7 Å². The monoisotopic (exact) mass is 434 g/mol. The molecule has 0 radical (unpaired) electrons. The van der Waals surface area contributed by atoms with Gasteiger partial charge >= 0.3 is 0 Å². The third-order valence-electron chi connectivity index (χ3n) is 5.43. The Morgan fingerprint density at radius 3 is 2.37 bits per heavy atom. The van der Waals surface area contributed by atoms with Crippen molar-refractivity contribution < 1.29 is 22.3 Å². The summed E-state index contributed by atoms with van der Waals surface area (Å²) >= 11 is 0. The Labute approximate surface area is 177 Å². The number of sulfonamides is 1. The summed E-state index contributed by atoms with van der Waals surface area (Å²) in [6.45, 7) is 4.77.